The van der Waals surface area contributed by atoms with Crippen LogP contribution in [-0.2, 0) is 6.54 Å². The molecule has 0 saturated heterocycles. The van der Waals surface area contributed by atoms with E-state index in [2.05, 4.69) is 53.6 Å². The SMILES string of the molecule is CC(CNCc1cccnc1)c1ccccc1. The molecule has 1 heterocycles. The monoisotopic (exact) mass is 226 g/mol. The van der Waals surface area contributed by atoms with E-state index in [4.69, 9.17) is 0 Å². The Morgan fingerprint density at radius 3 is 2.65 bits per heavy atom. The van der Waals surface area contributed by atoms with Gasteiger partial charge in [0.1, 0.15) is 0 Å². The molecule has 0 radical (unpaired) electrons. The topological polar surface area (TPSA) is 24.9 Å². The Hall–Kier alpha value is -1.67. The highest BCUT2D eigenvalue weighted by Crippen LogP contribution is 2.13. The summed E-state index contributed by atoms with van der Waals surface area (Å²) in [5.74, 6) is 0.535. The van der Waals surface area contributed by atoms with Crippen molar-refractivity contribution in [3.63, 3.8) is 0 Å². The third-order valence-corrected chi connectivity index (χ3v) is 2.87. The molecular weight excluding hydrogens is 208 g/mol. The standard InChI is InChI=1S/C15H18N2/c1-13(15-7-3-2-4-8-15)10-17-12-14-6-5-9-16-11-14/h2-9,11,13,17H,10,12H2,1H3. The number of pyridine rings is 1. The Labute approximate surface area is 103 Å². The minimum Gasteiger partial charge on any atom is -0.312 e. The summed E-state index contributed by atoms with van der Waals surface area (Å²) in [5.41, 5.74) is 2.61. The van der Waals surface area contributed by atoms with Gasteiger partial charge >= 0.3 is 0 Å². The Morgan fingerprint density at radius 2 is 1.94 bits per heavy atom. The zero-order valence-corrected chi connectivity index (χ0v) is 10.1. The summed E-state index contributed by atoms with van der Waals surface area (Å²) in [6.07, 6.45) is 3.70. The van der Waals surface area contributed by atoms with Crippen LogP contribution in [0.4, 0.5) is 0 Å². The van der Waals surface area contributed by atoms with Gasteiger partial charge in [0.15, 0.2) is 0 Å². The van der Waals surface area contributed by atoms with E-state index in [1.807, 2.05) is 12.3 Å². The van der Waals surface area contributed by atoms with Crippen LogP contribution in [0.1, 0.15) is 24.0 Å². The van der Waals surface area contributed by atoms with Crippen LogP contribution >= 0.6 is 0 Å². The van der Waals surface area contributed by atoms with Gasteiger partial charge in [-0.2, -0.15) is 0 Å². The van der Waals surface area contributed by atoms with Crippen molar-refractivity contribution in [2.45, 2.75) is 19.4 Å². The Balaban J connectivity index is 1.79. The first-order chi connectivity index (χ1) is 8.36. The highest BCUT2D eigenvalue weighted by Gasteiger charge is 2.03. The normalized spacial score (nSPS) is 12.3. The summed E-state index contributed by atoms with van der Waals surface area (Å²) >= 11 is 0. The first-order valence-corrected chi connectivity index (χ1v) is 6.01. The average Bonchev–Trinajstić information content (AvgIpc) is 2.41. The van der Waals surface area contributed by atoms with Gasteiger partial charge in [-0.25, -0.2) is 0 Å². The molecule has 1 atom stereocenters. The highest BCUT2D eigenvalue weighted by atomic mass is 14.9. The number of hydrogen-bond donors (Lipinski definition) is 1. The van der Waals surface area contributed by atoms with Crippen molar-refractivity contribution in [2.24, 2.45) is 0 Å². The van der Waals surface area contributed by atoms with E-state index in [9.17, 15) is 0 Å². The maximum atomic E-state index is 4.10. The van der Waals surface area contributed by atoms with Gasteiger partial charge in [0, 0.05) is 25.5 Å². The van der Waals surface area contributed by atoms with Gasteiger partial charge in [-0.1, -0.05) is 43.3 Å². The third-order valence-electron chi connectivity index (χ3n) is 2.87. The van der Waals surface area contributed by atoms with Gasteiger partial charge in [-0.05, 0) is 23.1 Å². The van der Waals surface area contributed by atoms with Crippen molar-refractivity contribution in [3.05, 3.63) is 66.0 Å². The number of nitrogens with one attached hydrogen (secondary N) is 1. The lowest BCUT2D eigenvalue weighted by Gasteiger charge is -2.12. The molecule has 0 spiro atoms. The summed E-state index contributed by atoms with van der Waals surface area (Å²) in [7, 11) is 0. The van der Waals surface area contributed by atoms with Gasteiger partial charge in [0.2, 0.25) is 0 Å². The first kappa shape index (κ1) is 11.8. The molecule has 2 aromatic rings. The smallest absolute Gasteiger partial charge is 0.0312 e. The molecule has 0 aliphatic heterocycles. The maximum Gasteiger partial charge on any atom is 0.0312 e. The van der Waals surface area contributed by atoms with Crippen molar-refractivity contribution in [1.29, 1.82) is 0 Å². The molecule has 1 aromatic carbocycles. The molecule has 0 fully saturated rings. The fourth-order valence-electron chi connectivity index (χ4n) is 1.84. The van der Waals surface area contributed by atoms with Crippen LogP contribution in [0.5, 0.6) is 0 Å². The van der Waals surface area contributed by atoms with Crippen molar-refractivity contribution < 1.29 is 0 Å². The van der Waals surface area contributed by atoms with E-state index in [1.54, 1.807) is 6.20 Å². The lowest BCUT2D eigenvalue weighted by molar-refractivity contribution is 0.614. The first-order valence-electron chi connectivity index (χ1n) is 6.01. The molecule has 1 aromatic heterocycles. The molecule has 17 heavy (non-hydrogen) atoms. The van der Waals surface area contributed by atoms with Crippen LogP contribution in [-0.4, -0.2) is 11.5 Å². The van der Waals surface area contributed by atoms with Crippen LogP contribution < -0.4 is 5.32 Å². The van der Waals surface area contributed by atoms with Crippen molar-refractivity contribution in [1.82, 2.24) is 10.3 Å². The van der Waals surface area contributed by atoms with E-state index >= 15 is 0 Å². The molecule has 2 rings (SSSR count). The van der Waals surface area contributed by atoms with Crippen LogP contribution in [0.15, 0.2) is 54.9 Å². The zero-order chi connectivity index (χ0) is 11.9. The van der Waals surface area contributed by atoms with Crippen molar-refractivity contribution in [3.8, 4) is 0 Å². The minimum atomic E-state index is 0.535. The summed E-state index contributed by atoms with van der Waals surface area (Å²) < 4.78 is 0. The fourth-order valence-corrected chi connectivity index (χ4v) is 1.84. The van der Waals surface area contributed by atoms with Gasteiger partial charge in [0.25, 0.3) is 0 Å². The van der Waals surface area contributed by atoms with Gasteiger partial charge in [0.05, 0.1) is 0 Å². The number of rotatable bonds is 5. The van der Waals surface area contributed by atoms with Crippen LogP contribution in [0.3, 0.4) is 0 Å². The van der Waals surface area contributed by atoms with Gasteiger partial charge in [-0.3, -0.25) is 4.98 Å². The highest BCUT2D eigenvalue weighted by molar-refractivity contribution is 5.19. The summed E-state index contributed by atoms with van der Waals surface area (Å²) in [6, 6.07) is 14.6. The third kappa shape index (κ3) is 3.68. The average molecular weight is 226 g/mol. The molecule has 0 aliphatic rings. The van der Waals surface area contributed by atoms with E-state index in [0.29, 0.717) is 5.92 Å². The van der Waals surface area contributed by atoms with Crippen molar-refractivity contribution >= 4 is 0 Å². The molecule has 0 amide bonds. The lowest BCUT2D eigenvalue weighted by atomic mass is 10.0. The summed E-state index contributed by atoms with van der Waals surface area (Å²) in [4.78, 5) is 4.10. The van der Waals surface area contributed by atoms with Gasteiger partial charge < -0.3 is 5.32 Å². The predicted octanol–water partition coefficient (Wildman–Crippen LogP) is 2.97. The predicted molar refractivity (Wildman–Crippen MR) is 70.8 cm³/mol. The minimum absolute atomic E-state index is 0.535. The number of nitrogens with zero attached hydrogens (tertiary/aromatic N) is 1. The summed E-state index contributed by atoms with van der Waals surface area (Å²) in [5, 5.41) is 3.46. The number of benzene rings is 1. The molecule has 2 nitrogen and oxygen atoms in total. The molecule has 1 unspecified atom stereocenters. The zero-order valence-electron chi connectivity index (χ0n) is 10.1. The lowest BCUT2D eigenvalue weighted by Crippen LogP contribution is -2.19. The molecule has 2 heteroatoms. The molecule has 1 N–H and O–H groups in total. The van der Waals surface area contributed by atoms with E-state index < -0.39 is 0 Å². The Bertz CT molecular complexity index is 425. The van der Waals surface area contributed by atoms with Crippen LogP contribution in [0.25, 0.3) is 0 Å². The second-order valence-electron chi connectivity index (χ2n) is 4.30. The Kier molecular flexibility index (Phi) is 4.28. The fraction of sp³-hybridized carbons (Fsp3) is 0.267. The van der Waals surface area contributed by atoms with E-state index in [1.165, 1.54) is 11.1 Å². The molecule has 0 bridgehead atoms. The molecule has 88 valence electrons. The second kappa shape index (κ2) is 6.16. The summed E-state index contributed by atoms with van der Waals surface area (Å²) in [6.45, 7) is 4.11. The van der Waals surface area contributed by atoms with E-state index in [-0.39, 0.29) is 0 Å². The Morgan fingerprint density at radius 1 is 1.12 bits per heavy atom. The van der Waals surface area contributed by atoms with Crippen LogP contribution in [0.2, 0.25) is 0 Å². The number of hydrogen-bond acceptors (Lipinski definition) is 2. The van der Waals surface area contributed by atoms with Crippen LogP contribution in [0, 0.1) is 0 Å². The quantitative estimate of drug-likeness (QED) is 0.847. The number of aromatic nitrogens is 1. The largest absolute Gasteiger partial charge is 0.312 e. The second-order valence-corrected chi connectivity index (χ2v) is 4.30. The molecule has 0 aliphatic carbocycles. The van der Waals surface area contributed by atoms with Crippen molar-refractivity contribution in [2.75, 3.05) is 6.54 Å². The van der Waals surface area contributed by atoms with Gasteiger partial charge in [-0.15, -0.1) is 0 Å². The molecule has 0 saturated carbocycles. The molecular formula is C15H18N2. The maximum absolute atomic E-state index is 4.10. The van der Waals surface area contributed by atoms with E-state index in [0.717, 1.165) is 13.1 Å².